The molecule has 1 aromatic carbocycles. The minimum absolute atomic E-state index is 0.0413. The summed E-state index contributed by atoms with van der Waals surface area (Å²) in [5.74, 6) is -0.0126. The molecule has 1 amide bonds. The minimum atomic E-state index is -0.223. The van der Waals surface area contributed by atoms with Crippen LogP contribution in [0.4, 0.5) is 4.39 Å². The van der Waals surface area contributed by atoms with Crippen molar-refractivity contribution in [2.45, 2.75) is 37.9 Å². The molecule has 0 aliphatic carbocycles. The van der Waals surface area contributed by atoms with Gasteiger partial charge in [-0.15, -0.1) is 0 Å². The molecule has 2 heterocycles. The molecule has 2 atom stereocenters. The Kier molecular flexibility index (Phi) is 4.22. The third kappa shape index (κ3) is 3.24. The smallest absolute Gasteiger partial charge is 0.239 e. The topological polar surface area (TPSA) is 49.6 Å². The van der Waals surface area contributed by atoms with Gasteiger partial charge in [-0.3, -0.25) is 9.69 Å². The molecule has 1 unspecified atom stereocenters. The lowest BCUT2D eigenvalue weighted by Crippen LogP contribution is -2.45. The van der Waals surface area contributed by atoms with Crippen LogP contribution in [0.2, 0.25) is 0 Å². The maximum atomic E-state index is 13.0. The molecule has 2 aliphatic heterocycles. The zero-order chi connectivity index (χ0) is 14.8. The molecule has 4 nitrogen and oxygen atoms in total. The van der Waals surface area contributed by atoms with Gasteiger partial charge in [0, 0.05) is 25.7 Å². The van der Waals surface area contributed by atoms with Gasteiger partial charge in [-0.2, -0.15) is 0 Å². The number of nitrogens with zero attached hydrogens (tertiary/aromatic N) is 2. The number of hydrogen-bond acceptors (Lipinski definition) is 3. The van der Waals surface area contributed by atoms with E-state index in [0.717, 1.165) is 37.9 Å². The molecule has 5 heteroatoms. The van der Waals surface area contributed by atoms with E-state index in [-0.39, 0.29) is 23.8 Å². The van der Waals surface area contributed by atoms with Crippen molar-refractivity contribution >= 4 is 5.91 Å². The summed E-state index contributed by atoms with van der Waals surface area (Å²) < 4.78 is 13.0. The molecule has 21 heavy (non-hydrogen) atoms. The first kappa shape index (κ1) is 14.5. The van der Waals surface area contributed by atoms with Crippen molar-refractivity contribution in [2.75, 3.05) is 19.6 Å². The van der Waals surface area contributed by atoms with E-state index in [1.165, 1.54) is 12.1 Å². The largest absolute Gasteiger partial charge is 0.340 e. The Hall–Kier alpha value is -1.46. The number of carbonyl (C=O) groups excluding carboxylic acids is 1. The van der Waals surface area contributed by atoms with Crippen LogP contribution in [0.15, 0.2) is 24.3 Å². The monoisotopic (exact) mass is 291 g/mol. The van der Waals surface area contributed by atoms with Gasteiger partial charge in [-0.05, 0) is 43.5 Å². The summed E-state index contributed by atoms with van der Waals surface area (Å²) >= 11 is 0. The number of halogens is 1. The summed E-state index contributed by atoms with van der Waals surface area (Å²) in [6.07, 6.45) is 2.85. The minimum Gasteiger partial charge on any atom is -0.340 e. The molecule has 3 rings (SSSR count). The van der Waals surface area contributed by atoms with E-state index in [9.17, 15) is 9.18 Å². The molecule has 0 spiro atoms. The molecule has 0 saturated carbocycles. The molecule has 2 N–H and O–H groups in total. The molecular formula is C16H22FN3O. The Morgan fingerprint density at radius 1 is 1.24 bits per heavy atom. The van der Waals surface area contributed by atoms with E-state index in [2.05, 4.69) is 4.90 Å². The number of amides is 1. The van der Waals surface area contributed by atoms with Gasteiger partial charge in [0.2, 0.25) is 5.91 Å². The highest BCUT2D eigenvalue weighted by Crippen LogP contribution is 2.23. The zero-order valence-corrected chi connectivity index (χ0v) is 12.2. The van der Waals surface area contributed by atoms with E-state index in [4.69, 9.17) is 5.73 Å². The normalized spacial score (nSPS) is 26.5. The molecular weight excluding hydrogens is 269 g/mol. The fraction of sp³-hybridized carbons (Fsp3) is 0.562. The Balaban J connectivity index is 1.65. The summed E-state index contributed by atoms with van der Waals surface area (Å²) in [4.78, 5) is 16.7. The van der Waals surface area contributed by atoms with Gasteiger partial charge in [0.15, 0.2) is 0 Å². The van der Waals surface area contributed by atoms with Crippen molar-refractivity contribution in [2.24, 2.45) is 5.73 Å². The molecule has 2 fully saturated rings. The lowest BCUT2D eigenvalue weighted by molar-refractivity contribution is -0.135. The van der Waals surface area contributed by atoms with Gasteiger partial charge in [-0.25, -0.2) is 4.39 Å². The molecule has 0 radical (unpaired) electrons. The SMILES string of the molecule is N[C@@H]1CCN(C(=O)C2CCCN2Cc2ccc(F)cc2)C1. The van der Waals surface area contributed by atoms with Crippen molar-refractivity contribution in [3.8, 4) is 0 Å². The maximum Gasteiger partial charge on any atom is 0.239 e. The highest BCUT2D eigenvalue weighted by Gasteiger charge is 2.35. The third-order valence-electron chi connectivity index (χ3n) is 4.48. The molecule has 2 saturated heterocycles. The highest BCUT2D eigenvalue weighted by atomic mass is 19.1. The summed E-state index contributed by atoms with van der Waals surface area (Å²) in [5.41, 5.74) is 6.94. The van der Waals surface area contributed by atoms with Gasteiger partial charge in [0.25, 0.3) is 0 Å². The lowest BCUT2D eigenvalue weighted by atomic mass is 10.1. The van der Waals surface area contributed by atoms with Gasteiger partial charge in [0.05, 0.1) is 6.04 Å². The Labute approximate surface area is 124 Å². The van der Waals surface area contributed by atoms with Crippen molar-refractivity contribution in [3.05, 3.63) is 35.6 Å². The molecule has 2 aliphatic rings. The number of benzene rings is 1. The van der Waals surface area contributed by atoms with Crippen LogP contribution < -0.4 is 5.73 Å². The summed E-state index contributed by atoms with van der Waals surface area (Å²) in [5, 5.41) is 0. The second kappa shape index (κ2) is 6.12. The fourth-order valence-corrected chi connectivity index (χ4v) is 3.32. The number of hydrogen-bond donors (Lipinski definition) is 1. The average molecular weight is 291 g/mol. The van der Waals surface area contributed by atoms with E-state index in [1.54, 1.807) is 12.1 Å². The first-order valence-electron chi connectivity index (χ1n) is 7.66. The quantitative estimate of drug-likeness (QED) is 0.914. The number of rotatable bonds is 3. The van der Waals surface area contributed by atoms with Crippen LogP contribution in [0.5, 0.6) is 0 Å². The lowest BCUT2D eigenvalue weighted by Gasteiger charge is -2.27. The highest BCUT2D eigenvalue weighted by molar-refractivity contribution is 5.82. The second-order valence-electron chi connectivity index (χ2n) is 6.09. The Bertz CT molecular complexity index is 505. The second-order valence-corrected chi connectivity index (χ2v) is 6.09. The fourth-order valence-electron chi connectivity index (χ4n) is 3.32. The average Bonchev–Trinajstić information content (AvgIpc) is 3.10. The Morgan fingerprint density at radius 2 is 2.00 bits per heavy atom. The molecule has 1 aromatic rings. The van der Waals surface area contributed by atoms with Gasteiger partial charge in [0.1, 0.15) is 5.82 Å². The van der Waals surface area contributed by atoms with Crippen LogP contribution in [0.25, 0.3) is 0 Å². The van der Waals surface area contributed by atoms with Crippen molar-refractivity contribution in [1.82, 2.24) is 9.80 Å². The molecule has 114 valence electrons. The van der Waals surface area contributed by atoms with Crippen LogP contribution in [0.1, 0.15) is 24.8 Å². The summed E-state index contributed by atoms with van der Waals surface area (Å²) in [6.45, 7) is 3.09. The van der Waals surface area contributed by atoms with Crippen molar-refractivity contribution < 1.29 is 9.18 Å². The van der Waals surface area contributed by atoms with E-state index < -0.39 is 0 Å². The predicted octanol–water partition coefficient (Wildman–Crippen LogP) is 1.35. The number of carbonyl (C=O) groups is 1. The summed E-state index contributed by atoms with van der Waals surface area (Å²) in [6, 6.07) is 6.62. The van der Waals surface area contributed by atoms with Gasteiger partial charge < -0.3 is 10.6 Å². The standard InChI is InChI=1S/C16H22FN3O/c17-13-5-3-12(4-6-13)10-19-8-1-2-15(19)16(21)20-9-7-14(18)11-20/h3-6,14-15H,1-2,7-11,18H2/t14-,15?/m1/s1. The van der Waals surface area contributed by atoms with Gasteiger partial charge in [-0.1, -0.05) is 12.1 Å². The van der Waals surface area contributed by atoms with Crippen LogP contribution in [0, 0.1) is 5.82 Å². The van der Waals surface area contributed by atoms with Crippen LogP contribution in [-0.4, -0.2) is 47.4 Å². The molecule has 0 bridgehead atoms. The zero-order valence-electron chi connectivity index (χ0n) is 12.2. The van der Waals surface area contributed by atoms with E-state index >= 15 is 0 Å². The van der Waals surface area contributed by atoms with Crippen molar-refractivity contribution in [3.63, 3.8) is 0 Å². The van der Waals surface area contributed by atoms with Crippen molar-refractivity contribution in [1.29, 1.82) is 0 Å². The predicted molar refractivity (Wildman–Crippen MR) is 79.0 cm³/mol. The van der Waals surface area contributed by atoms with Crippen LogP contribution >= 0.6 is 0 Å². The van der Waals surface area contributed by atoms with Gasteiger partial charge >= 0.3 is 0 Å². The maximum absolute atomic E-state index is 13.0. The molecule has 0 aromatic heterocycles. The first-order valence-corrected chi connectivity index (χ1v) is 7.66. The Morgan fingerprint density at radius 3 is 2.67 bits per heavy atom. The van der Waals surface area contributed by atoms with Crippen LogP contribution in [-0.2, 0) is 11.3 Å². The summed E-state index contributed by atoms with van der Waals surface area (Å²) in [7, 11) is 0. The van der Waals surface area contributed by atoms with E-state index in [1.807, 2.05) is 4.90 Å². The number of nitrogens with two attached hydrogens (primary N) is 1. The first-order chi connectivity index (χ1) is 10.1. The van der Waals surface area contributed by atoms with E-state index in [0.29, 0.717) is 13.1 Å². The number of likely N-dealkylation sites (tertiary alicyclic amines) is 2. The third-order valence-corrected chi connectivity index (χ3v) is 4.48. The van der Waals surface area contributed by atoms with Crippen LogP contribution in [0.3, 0.4) is 0 Å².